The second-order valence-electron chi connectivity index (χ2n) is 7.17. The fraction of sp³-hybridized carbons (Fsp3) is 0.632. The second kappa shape index (κ2) is 6.91. The summed E-state index contributed by atoms with van der Waals surface area (Å²) in [6.45, 7) is 1.60. The number of anilines is 1. The van der Waals surface area contributed by atoms with Crippen molar-refractivity contribution in [2.45, 2.75) is 56.6 Å². The first-order valence-electron chi connectivity index (χ1n) is 8.85. The minimum Gasteiger partial charge on any atom is -0.389 e. The number of carbonyl (C=O) groups is 1. The fourth-order valence-corrected chi connectivity index (χ4v) is 3.98. The van der Waals surface area contributed by atoms with Crippen LogP contribution in [0.15, 0.2) is 30.3 Å². The van der Waals surface area contributed by atoms with Crippen LogP contribution < -0.4 is 4.90 Å². The largest absolute Gasteiger partial charge is 0.389 e. The van der Waals surface area contributed by atoms with Crippen LogP contribution in [0.3, 0.4) is 0 Å². The van der Waals surface area contributed by atoms with Crippen molar-refractivity contribution in [2.24, 2.45) is 0 Å². The van der Waals surface area contributed by atoms with Gasteiger partial charge in [0.2, 0.25) is 5.91 Å². The molecule has 0 bridgehead atoms. The number of aliphatic hydroxyl groups is 1. The molecular weight excluding hydrogens is 288 g/mol. The van der Waals surface area contributed by atoms with E-state index in [1.165, 1.54) is 5.69 Å². The van der Waals surface area contributed by atoms with Crippen LogP contribution >= 0.6 is 0 Å². The van der Waals surface area contributed by atoms with Gasteiger partial charge in [-0.25, -0.2) is 0 Å². The molecule has 1 aliphatic heterocycles. The number of para-hydroxylation sites is 1. The molecule has 23 heavy (non-hydrogen) atoms. The number of amides is 1. The van der Waals surface area contributed by atoms with Gasteiger partial charge in [-0.2, -0.15) is 0 Å². The predicted octanol–water partition coefficient (Wildman–Crippen LogP) is 2.81. The molecule has 0 spiro atoms. The Bertz CT molecular complexity index is 517. The number of rotatable bonds is 4. The van der Waals surface area contributed by atoms with E-state index in [0.717, 1.165) is 51.6 Å². The van der Waals surface area contributed by atoms with E-state index >= 15 is 0 Å². The van der Waals surface area contributed by atoms with Crippen molar-refractivity contribution < 1.29 is 9.90 Å². The SMILES string of the molecule is CN(c1ccccc1)C1CCN(C(=O)CC2(O)CCCC2)CC1. The van der Waals surface area contributed by atoms with Gasteiger partial charge in [0.05, 0.1) is 12.0 Å². The average molecular weight is 316 g/mol. The van der Waals surface area contributed by atoms with Crippen LogP contribution in [0.2, 0.25) is 0 Å². The third-order valence-corrected chi connectivity index (χ3v) is 5.54. The van der Waals surface area contributed by atoms with Crippen LogP contribution in [-0.4, -0.2) is 47.7 Å². The summed E-state index contributed by atoms with van der Waals surface area (Å²) in [4.78, 5) is 16.7. The van der Waals surface area contributed by atoms with Crippen molar-refractivity contribution in [1.82, 2.24) is 4.90 Å². The van der Waals surface area contributed by atoms with E-state index in [4.69, 9.17) is 0 Å². The van der Waals surface area contributed by atoms with Gasteiger partial charge in [-0.1, -0.05) is 31.0 Å². The molecule has 1 amide bonds. The minimum absolute atomic E-state index is 0.134. The van der Waals surface area contributed by atoms with Crippen LogP contribution in [0.5, 0.6) is 0 Å². The molecule has 2 fully saturated rings. The fourth-order valence-electron chi connectivity index (χ4n) is 3.98. The zero-order valence-electron chi connectivity index (χ0n) is 14.1. The Kier molecular flexibility index (Phi) is 4.90. The molecule has 0 unspecified atom stereocenters. The molecular formula is C19H28N2O2. The Morgan fingerprint density at radius 1 is 1.22 bits per heavy atom. The van der Waals surface area contributed by atoms with Crippen molar-refractivity contribution >= 4 is 11.6 Å². The van der Waals surface area contributed by atoms with Crippen LogP contribution in [0, 0.1) is 0 Å². The highest BCUT2D eigenvalue weighted by Crippen LogP contribution is 2.33. The Morgan fingerprint density at radius 2 is 1.83 bits per heavy atom. The molecule has 1 heterocycles. The van der Waals surface area contributed by atoms with Gasteiger partial charge < -0.3 is 14.9 Å². The number of benzene rings is 1. The maximum absolute atomic E-state index is 12.5. The minimum atomic E-state index is -0.727. The molecule has 3 rings (SSSR count). The summed E-state index contributed by atoms with van der Waals surface area (Å²) in [7, 11) is 2.14. The van der Waals surface area contributed by atoms with E-state index in [1.807, 2.05) is 11.0 Å². The first-order valence-corrected chi connectivity index (χ1v) is 8.85. The summed E-state index contributed by atoms with van der Waals surface area (Å²) < 4.78 is 0. The summed E-state index contributed by atoms with van der Waals surface area (Å²) in [5, 5.41) is 10.4. The molecule has 0 aromatic heterocycles. The maximum atomic E-state index is 12.5. The second-order valence-corrected chi connectivity index (χ2v) is 7.17. The topological polar surface area (TPSA) is 43.8 Å². The van der Waals surface area contributed by atoms with Crippen molar-refractivity contribution in [1.29, 1.82) is 0 Å². The van der Waals surface area contributed by atoms with E-state index in [9.17, 15) is 9.90 Å². The van der Waals surface area contributed by atoms with Crippen molar-refractivity contribution in [3.05, 3.63) is 30.3 Å². The van der Waals surface area contributed by atoms with Crippen molar-refractivity contribution in [3.8, 4) is 0 Å². The molecule has 4 nitrogen and oxygen atoms in total. The molecule has 0 atom stereocenters. The molecule has 2 aliphatic rings. The van der Waals surface area contributed by atoms with Crippen LogP contribution in [0.4, 0.5) is 5.69 Å². The smallest absolute Gasteiger partial charge is 0.225 e. The molecule has 4 heteroatoms. The molecule has 1 aromatic carbocycles. The number of hydrogen-bond donors (Lipinski definition) is 1. The van der Waals surface area contributed by atoms with E-state index < -0.39 is 5.60 Å². The van der Waals surface area contributed by atoms with Gasteiger partial charge >= 0.3 is 0 Å². The Labute approximate surface area is 139 Å². The number of hydrogen-bond acceptors (Lipinski definition) is 3. The van der Waals surface area contributed by atoms with Crippen LogP contribution in [0.25, 0.3) is 0 Å². The zero-order chi connectivity index (χ0) is 16.3. The lowest BCUT2D eigenvalue weighted by molar-refractivity contribution is -0.137. The Hall–Kier alpha value is -1.55. The van der Waals surface area contributed by atoms with E-state index in [2.05, 4.69) is 36.2 Å². The van der Waals surface area contributed by atoms with Gasteiger partial charge in [0.25, 0.3) is 0 Å². The Morgan fingerprint density at radius 3 is 2.43 bits per heavy atom. The van der Waals surface area contributed by atoms with E-state index in [-0.39, 0.29) is 5.91 Å². The predicted molar refractivity (Wildman–Crippen MR) is 92.5 cm³/mol. The zero-order valence-corrected chi connectivity index (χ0v) is 14.1. The highest BCUT2D eigenvalue weighted by molar-refractivity contribution is 5.77. The van der Waals surface area contributed by atoms with Crippen LogP contribution in [0.1, 0.15) is 44.9 Å². The van der Waals surface area contributed by atoms with Crippen molar-refractivity contribution in [2.75, 3.05) is 25.0 Å². The summed E-state index contributed by atoms with van der Waals surface area (Å²) in [6.07, 6.45) is 5.97. The van der Waals surface area contributed by atoms with Gasteiger partial charge in [0.15, 0.2) is 0 Å². The normalized spacial score (nSPS) is 21.4. The Balaban J connectivity index is 1.51. The van der Waals surface area contributed by atoms with E-state index in [0.29, 0.717) is 12.5 Å². The molecule has 126 valence electrons. The molecule has 1 aliphatic carbocycles. The van der Waals surface area contributed by atoms with Gasteiger partial charge in [-0.05, 0) is 37.8 Å². The highest BCUT2D eigenvalue weighted by Gasteiger charge is 2.36. The van der Waals surface area contributed by atoms with Gasteiger partial charge in [-0.15, -0.1) is 0 Å². The summed E-state index contributed by atoms with van der Waals surface area (Å²) in [5.41, 5.74) is 0.506. The first-order chi connectivity index (χ1) is 11.1. The van der Waals surface area contributed by atoms with Gasteiger partial charge in [0.1, 0.15) is 0 Å². The number of carbonyl (C=O) groups excluding carboxylic acids is 1. The maximum Gasteiger partial charge on any atom is 0.225 e. The van der Waals surface area contributed by atoms with Crippen LogP contribution in [-0.2, 0) is 4.79 Å². The van der Waals surface area contributed by atoms with Gasteiger partial charge in [0, 0.05) is 31.9 Å². The summed E-state index contributed by atoms with van der Waals surface area (Å²) in [6, 6.07) is 10.9. The number of nitrogens with zero attached hydrogens (tertiary/aromatic N) is 2. The third kappa shape index (κ3) is 3.86. The highest BCUT2D eigenvalue weighted by atomic mass is 16.3. The molecule has 1 saturated heterocycles. The molecule has 1 saturated carbocycles. The lowest BCUT2D eigenvalue weighted by atomic mass is 9.96. The molecule has 0 radical (unpaired) electrons. The van der Waals surface area contributed by atoms with Crippen molar-refractivity contribution in [3.63, 3.8) is 0 Å². The quantitative estimate of drug-likeness (QED) is 0.929. The van der Waals surface area contributed by atoms with E-state index in [1.54, 1.807) is 0 Å². The first kappa shape index (κ1) is 16.3. The lowest BCUT2D eigenvalue weighted by Gasteiger charge is -2.38. The number of likely N-dealkylation sites (tertiary alicyclic amines) is 1. The average Bonchev–Trinajstić information content (AvgIpc) is 3.01. The number of piperidine rings is 1. The summed E-state index contributed by atoms with van der Waals surface area (Å²) in [5.74, 6) is 0.134. The lowest BCUT2D eigenvalue weighted by Crippen LogP contribution is -2.47. The molecule has 1 N–H and O–H groups in total. The third-order valence-electron chi connectivity index (χ3n) is 5.54. The monoisotopic (exact) mass is 316 g/mol. The standard InChI is InChI=1S/C19H28N2O2/c1-20(16-7-3-2-4-8-16)17-9-13-21(14-10-17)18(22)15-19(23)11-5-6-12-19/h2-4,7-8,17,23H,5-6,9-15H2,1H3. The van der Waals surface area contributed by atoms with Gasteiger partial charge in [-0.3, -0.25) is 4.79 Å². The molecule has 1 aromatic rings. The summed E-state index contributed by atoms with van der Waals surface area (Å²) >= 11 is 0.